The van der Waals surface area contributed by atoms with E-state index in [1.54, 1.807) is 6.26 Å². The van der Waals surface area contributed by atoms with Crippen molar-refractivity contribution in [2.24, 2.45) is 0 Å². The highest BCUT2D eigenvalue weighted by molar-refractivity contribution is 8.12. The summed E-state index contributed by atoms with van der Waals surface area (Å²) in [6.07, 6.45) is 3.10. The van der Waals surface area contributed by atoms with Gasteiger partial charge in [-0.15, -0.1) is 0 Å². The lowest BCUT2D eigenvalue weighted by molar-refractivity contribution is -0.142. The SMILES string of the molecule is CC.CCCC(NC(=O)SC)C(=O)OC. The summed E-state index contributed by atoms with van der Waals surface area (Å²) in [5, 5.41) is 2.36. The third kappa shape index (κ3) is 8.30. The van der Waals surface area contributed by atoms with Crippen molar-refractivity contribution in [3.8, 4) is 0 Å². The maximum absolute atomic E-state index is 11.1. The van der Waals surface area contributed by atoms with Gasteiger partial charge in [-0.1, -0.05) is 39.0 Å². The molecule has 0 aromatic heterocycles. The highest BCUT2D eigenvalue weighted by Gasteiger charge is 2.19. The van der Waals surface area contributed by atoms with Crippen LogP contribution in [0.1, 0.15) is 33.6 Å². The van der Waals surface area contributed by atoms with Crippen molar-refractivity contribution in [2.75, 3.05) is 13.4 Å². The fraction of sp³-hybridized carbons (Fsp3) is 0.800. The van der Waals surface area contributed by atoms with Crippen molar-refractivity contribution >= 4 is 23.0 Å². The second kappa shape index (κ2) is 11.4. The van der Waals surface area contributed by atoms with Gasteiger partial charge in [0.25, 0.3) is 5.24 Å². The van der Waals surface area contributed by atoms with Crippen LogP contribution in [0.25, 0.3) is 0 Å². The monoisotopic (exact) mass is 235 g/mol. The molecule has 15 heavy (non-hydrogen) atoms. The van der Waals surface area contributed by atoms with Crippen LogP contribution in [0.3, 0.4) is 0 Å². The van der Waals surface area contributed by atoms with E-state index >= 15 is 0 Å². The van der Waals surface area contributed by atoms with E-state index in [-0.39, 0.29) is 11.2 Å². The average molecular weight is 235 g/mol. The molecule has 90 valence electrons. The van der Waals surface area contributed by atoms with Gasteiger partial charge in [-0.3, -0.25) is 4.79 Å². The molecule has 0 spiro atoms. The van der Waals surface area contributed by atoms with Crippen molar-refractivity contribution in [2.45, 2.75) is 39.7 Å². The average Bonchev–Trinajstić information content (AvgIpc) is 2.29. The number of methoxy groups -OCH3 is 1. The second-order valence-corrected chi connectivity index (χ2v) is 3.28. The van der Waals surface area contributed by atoms with Crippen molar-refractivity contribution in [1.29, 1.82) is 0 Å². The van der Waals surface area contributed by atoms with E-state index in [0.717, 1.165) is 18.2 Å². The first kappa shape index (κ1) is 16.7. The summed E-state index contributed by atoms with van der Waals surface area (Å²) in [5.74, 6) is -0.385. The highest BCUT2D eigenvalue weighted by atomic mass is 32.2. The summed E-state index contributed by atoms with van der Waals surface area (Å²) in [6, 6.07) is -0.505. The largest absolute Gasteiger partial charge is 0.467 e. The molecule has 0 fully saturated rings. The van der Waals surface area contributed by atoms with Gasteiger partial charge in [-0.25, -0.2) is 4.79 Å². The number of carbonyl (C=O) groups is 2. The summed E-state index contributed by atoms with van der Waals surface area (Å²) in [4.78, 5) is 22.1. The van der Waals surface area contributed by atoms with E-state index in [2.05, 4.69) is 10.1 Å². The van der Waals surface area contributed by atoms with Gasteiger partial charge in [-0.2, -0.15) is 0 Å². The third-order valence-corrected chi connectivity index (χ3v) is 2.03. The van der Waals surface area contributed by atoms with Gasteiger partial charge in [0.15, 0.2) is 0 Å². The second-order valence-electron chi connectivity index (χ2n) is 2.50. The van der Waals surface area contributed by atoms with Crippen molar-refractivity contribution in [3.63, 3.8) is 0 Å². The Kier molecular flexibility index (Phi) is 12.7. The Morgan fingerprint density at radius 2 is 1.93 bits per heavy atom. The molecule has 1 amide bonds. The molecule has 0 aromatic carbocycles. The molecule has 0 aliphatic rings. The maximum Gasteiger partial charge on any atom is 0.328 e. The topological polar surface area (TPSA) is 55.4 Å². The number of hydrogen-bond acceptors (Lipinski definition) is 4. The summed E-state index contributed by atoms with van der Waals surface area (Å²) >= 11 is 1.05. The minimum Gasteiger partial charge on any atom is -0.467 e. The molecular weight excluding hydrogens is 214 g/mol. The first-order valence-corrected chi connectivity index (χ1v) is 6.30. The molecule has 0 aliphatic carbocycles. The summed E-state index contributed by atoms with van der Waals surface area (Å²) in [7, 11) is 1.32. The molecular formula is C10H21NO3S. The smallest absolute Gasteiger partial charge is 0.328 e. The predicted octanol–water partition coefficient (Wildman–Crippen LogP) is 2.43. The number of rotatable bonds is 4. The Hall–Kier alpha value is -0.710. The van der Waals surface area contributed by atoms with E-state index in [1.807, 2.05) is 20.8 Å². The Balaban J connectivity index is 0. The molecule has 4 nitrogen and oxygen atoms in total. The zero-order valence-corrected chi connectivity index (χ0v) is 10.9. The zero-order chi connectivity index (χ0) is 12.3. The third-order valence-electron chi connectivity index (χ3n) is 1.54. The van der Waals surface area contributed by atoms with E-state index in [0.29, 0.717) is 6.42 Å². The van der Waals surface area contributed by atoms with Crippen LogP contribution in [0.15, 0.2) is 0 Å². The molecule has 1 N–H and O–H groups in total. The standard InChI is InChI=1S/C8H15NO3S.C2H6/c1-4-5-6(7(10)12-2)9-8(11)13-3;1-2/h6H,4-5H2,1-3H3,(H,9,11);1-2H3. The molecule has 0 bridgehead atoms. The zero-order valence-electron chi connectivity index (χ0n) is 10.1. The number of amides is 1. The number of carbonyl (C=O) groups excluding carboxylic acids is 2. The summed E-state index contributed by atoms with van der Waals surface area (Å²) < 4.78 is 4.55. The van der Waals surface area contributed by atoms with Crippen LogP contribution < -0.4 is 5.32 Å². The van der Waals surface area contributed by atoms with Gasteiger partial charge >= 0.3 is 5.97 Å². The number of ether oxygens (including phenoxy) is 1. The lowest BCUT2D eigenvalue weighted by Gasteiger charge is -2.14. The molecule has 0 heterocycles. The van der Waals surface area contributed by atoms with Gasteiger partial charge in [0.05, 0.1) is 7.11 Å². The first-order valence-electron chi connectivity index (χ1n) is 5.08. The van der Waals surface area contributed by atoms with Gasteiger partial charge in [0.2, 0.25) is 0 Å². The van der Waals surface area contributed by atoms with E-state index in [9.17, 15) is 9.59 Å². The van der Waals surface area contributed by atoms with E-state index in [4.69, 9.17) is 0 Å². The molecule has 0 aromatic rings. The lowest BCUT2D eigenvalue weighted by atomic mass is 10.2. The van der Waals surface area contributed by atoms with Gasteiger partial charge in [0, 0.05) is 0 Å². The first-order chi connectivity index (χ1) is 7.15. The molecule has 0 saturated heterocycles. The lowest BCUT2D eigenvalue weighted by Crippen LogP contribution is -2.39. The van der Waals surface area contributed by atoms with Crippen LogP contribution in [-0.4, -0.2) is 30.6 Å². The molecule has 0 aliphatic heterocycles. The molecule has 0 rings (SSSR count). The minimum absolute atomic E-state index is 0.205. The van der Waals surface area contributed by atoms with Crippen LogP contribution in [0, 0.1) is 0 Å². The molecule has 1 unspecified atom stereocenters. The van der Waals surface area contributed by atoms with Crippen molar-refractivity contribution < 1.29 is 14.3 Å². The Morgan fingerprint density at radius 3 is 2.27 bits per heavy atom. The summed E-state index contributed by atoms with van der Waals surface area (Å²) in [6.45, 7) is 5.95. The number of nitrogens with one attached hydrogen (secondary N) is 1. The number of esters is 1. The normalized spacial score (nSPS) is 10.7. The van der Waals surface area contributed by atoms with Crippen molar-refractivity contribution in [1.82, 2.24) is 5.32 Å². The molecule has 5 heteroatoms. The van der Waals surface area contributed by atoms with Crippen LogP contribution in [0.4, 0.5) is 4.79 Å². The van der Waals surface area contributed by atoms with Gasteiger partial charge in [0.1, 0.15) is 6.04 Å². The van der Waals surface area contributed by atoms with E-state index < -0.39 is 6.04 Å². The molecule has 1 atom stereocenters. The highest BCUT2D eigenvalue weighted by Crippen LogP contribution is 2.02. The van der Waals surface area contributed by atoms with Crippen molar-refractivity contribution in [3.05, 3.63) is 0 Å². The van der Waals surface area contributed by atoms with Gasteiger partial charge in [-0.05, 0) is 12.7 Å². The van der Waals surface area contributed by atoms with Crippen LogP contribution in [-0.2, 0) is 9.53 Å². The van der Waals surface area contributed by atoms with E-state index in [1.165, 1.54) is 7.11 Å². The summed E-state index contributed by atoms with van der Waals surface area (Å²) in [5.41, 5.74) is 0. The van der Waals surface area contributed by atoms with Crippen LogP contribution >= 0.6 is 11.8 Å². The van der Waals surface area contributed by atoms with Crippen LogP contribution in [0.2, 0.25) is 0 Å². The number of thioether (sulfide) groups is 1. The van der Waals surface area contributed by atoms with Crippen LogP contribution in [0.5, 0.6) is 0 Å². The molecule has 0 radical (unpaired) electrons. The fourth-order valence-electron chi connectivity index (χ4n) is 0.881. The fourth-order valence-corrected chi connectivity index (χ4v) is 1.14. The Labute approximate surface area is 96.1 Å². The van der Waals surface area contributed by atoms with Gasteiger partial charge < -0.3 is 10.1 Å². The Bertz CT molecular complexity index is 186. The number of hydrogen-bond donors (Lipinski definition) is 1. The minimum atomic E-state index is -0.505. The molecule has 0 saturated carbocycles. The Morgan fingerprint density at radius 1 is 1.40 bits per heavy atom. The maximum atomic E-state index is 11.1. The quantitative estimate of drug-likeness (QED) is 0.760. The predicted molar refractivity (Wildman–Crippen MR) is 64.1 cm³/mol.